The molecule has 0 fully saturated rings. The largest absolute Gasteiger partial charge is 0.481 e. The van der Waals surface area contributed by atoms with Crippen LogP contribution >= 0.6 is 0 Å². The van der Waals surface area contributed by atoms with Crippen molar-refractivity contribution in [3.05, 3.63) is 48.3 Å². The van der Waals surface area contributed by atoms with E-state index in [-0.39, 0.29) is 12.0 Å². The summed E-state index contributed by atoms with van der Waals surface area (Å²) in [6.07, 6.45) is 4.05. The molecule has 0 bridgehead atoms. The van der Waals surface area contributed by atoms with Crippen LogP contribution in [0.3, 0.4) is 0 Å². The molecular formula is C12H9FN2O2. The van der Waals surface area contributed by atoms with Crippen LogP contribution in [0.5, 0.6) is 0 Å². The van der Waals surface area contributed by atoms with Gasteiger partial charge in [0.05, 0.1) is 6.42 Å². The van der Waals surface area contributed by atoms with E-state index in [1.54, 1.807) is 18.3 Å². The Morgan fingerprint density at radius 2 is 2.18 bits per heavy atom. The third-order valence-corrected chi connectivity index (χ3v) is 2.28. The summed E-state index contributed by atoms with van der Waals surface area (Å²) < 4.78 is 13.7. The topological polar surface area (TPSA) is 63.1 Å². The van der Waals surface area contributed by atoms with Gasteiger partial charge >= 0.3 is 5.97 Å². The van der Waals surface area contributed by atoms with Crippen LogP contribution in [0.4, 0.5) is 4.39 Å². The van der Waals surface area contributed by atoms with Crippen molar-refractivity contribution in [2.45, 2.75) is 6.42 Å². The summed E-state index contributed by atoms with van der Waals surface area (Å²) in [4.78, 5) is 18.1. The molecule has 0 amide bonds. The second-order valence-electron chi connectivity index (χ2n) is 3.45. The van der Waals surface area contributed by atoms with E-state index in [0.717, 1.165) is 0 Å². The van der Waals surface area contributed by atoms with Gasteiger partial charge in [0.1, 0.15) is 0 Å². The van der Waals surface area contributed by atoms with Gasteiger partial charge in [0.2, 0.25) is 5.95 Å². The zero-order valence-corrected chi connectivity index (χ0v) is 8.80. The van der Waals surface area contributed by atoms with Crippen LogP contribution in [0.15, 0.2) is 36.8 Å². The number of pyridine rings is 2. The first-order valence-corrected chi connectivity index (χ1v) is 4.94. The summed E-state index contributed by atoms with van der Waals surface area (Å²) in [5.41, 5.74) is 1.11. The number of halogens is 1. The molecule has 0 spiro atoms. The number of nitrogens with zero attached hydrogens (tertiary/aromatic N) is 2. The molecule has 0 saturated carbocycles. The molecule has 0 aliphatic rings. The number of carboxylic acid groups (broad SMARTS) is 1. The third kappa shape index (κ3) is 2.44. The van der Waals surface area contributed by atoms with Gasteiger partial charge in [0, 0.05) is 29.7 Å². The van der Waals surface area contributed by atoms with Crippen LogP contribution in [0.25, 0.3) is 11.1 Å². The van der Waals surface area contributed by atoms with Crippen molar-refractivity contribution in [2.75, 3.05) is 0 Å². The second-order valence-corrected chi connectivity index (χ2v) is 3.45. The lowest BCUT2D eigenvalue weighted by Crippen LogP contribution is -2.04. The first-order valence-electron chi connectivity index (χ1n) is 4.94. The number of aliphatic carboxylic acids is 1. The van der Waals surface area contributed by atoms with Crippen LogP contribution in [0, 0.1) is 5.95 Å². The van der Waals surface area contributed by atoms with Crippen molar-refractivity contribution < 1.29 is 14.3 Å². The number of carboxylic acids is 1. The first kappa shape index (κ1) is 11.2. The molecule has 0 radical (unpaired) electrons. The van der Waals surface area contributed by atoms with Crippen molar-refractivity contribution in [1.29, 1.82) is 0 Å². The molecule has 5 heteroatoms. The van der Waals surface area contributed by atoms with Gasteiger partial charge in [-0.05, 0) is 17.7 Å². The van der Waals surface area contributed by atoms with E-state index in [4.69, 9.17) is 5.11 Å². The average molecular weight is 232 g/mol. The normalized spacial score (nSPS) is 10.2. The van der Waals surface area contributed by atoms with E-state index in [9.17, 15) is 9.18 Å². The highest BCUT2D eigenvalue weighted by Crippen LogP contribution is 2.25. The lowest BCUT2D eigenvalue weighted by molar-refractivity contribution is -0.136. The van der Waals surface area contributed by atoms with E-state index in [1.807, 2.05) is 0 Å². The number of hydrogen-bond donors (Lipinski definition) is 1. The number of rotatable bonds is 3. The minimum Gasteiger partial charge on any atom is -0.481 e. The van der Waals surface area contributed by atoms with Crippen molar-refractivity contribution in [2.24, 2.45) is 0 Å². The molecule has 2 rings (SSSR count). The lowest BCUT2D eigenvalue weighted by atomic mass is 10.0. The second kappa shape index (κ2) is 4.69. The zero-order chi connectivity index (χ0) is 12.3. The summed E-state index contributed by atoms with van der Waals surface area (Å²) in [5, 5.41) is 8.77. The first-order chi connectivity index (χ1) is 8.18. The van der Waals surface area contributed by atoms with Gasteiger partial charge < -0.3 is 5.11 Å². The Morgan fingerprint density at radius 1 is 1.35 bits per heavy atom. The summed E-state index contributed by atoms with van der Waals surface area (Å²) in [6, 6.07) is 4.82. The molecule has 17 heavy (non-hydrogen) atoms. The summed E-state index contributed by atoms with van der Waals surface area (Å²) in [6.45, 7) is 0. The van der Waals surface area contributed by atoms with Gasteiger partial charge in [-0.2, -0.15) is 4.39 Å². The molecule has 0 aliphatic carbocycles. The minimum absolute atomic E-state index is 0.197. The maximum absolute atomic E-state index is 13.7. The smallest absolute Gasteiger partial charge is 0.307 e. The fraction of sp³-hybridized carbons (Fsp3) is 0.0833. The highest BCUT2D eigenvalue weighted by atomic mass is 19.1. The van der Waals surface area contributed by atoms with Crippen LogP contribution in [0.2, 0.25) is 0 Å². The monoisotopic (exact) mass is 232 g/mol. The Morgan fingerprint density at radius 3 is 2.82 bits per heavy atom. The van der Waals surface area contributed by atoms with Crippen molar-refractivity contribution in [3.63, 3.8) is 0 Å². The van der Waals surface area contributed by atoms with Gasteiger partial charge in [0.25, 0.3) is 0 Å². The fourth-order valence-corrected chi connectivity index (χ4v) is 1.60. The number of hydrogen-bond acceptors (Lipinski definition) is 3. The van der Waals surface area contributed by atoms with Crippen molar-refractivity contribution >= 4 is 5.97 Å². The molecule has 0 unspecified atom stereocenters. The number of carbonyl (C=O) groups is 1. The fourth-order valence-electron chi connectivity index (χ4n) is 1.60. The molecule has 0 atom stereocenters. The minimum atomic E-state index is -1.01. The highest BCUT2D eigenvalue weighted by Gasteiger charge is 2.14. The van der Waals surface area contributed by atoms with Gasteiger partial charge in [-0.25, -0.2) is 4.98 Å². The zero-order valence-electron chi connectivity index (χ0n) is 8.80. The average Bonchev–Trinajstić information content (AvgIpc) is 2.29. The highest BCUT2D eigenvalue weighted by molar-refractivity contribution is 5.76. The Kier molecular flexibility index (Phi) is 3.09. The standard InChI is InChI=1S/C12H9FN2O2/c13-12-11(9-2-1-4-14-7-9)8(3-5-15-12)6-10(16)17/h1-5,7H,6H2,(H,16,17). The molecule has 4 nitrogen and oxygen atoms in total. The third-order valence-electron chi connectivity index (χ3n) is 2.28. The van der Waals surface area contributed by atoms with E-state index >= 15 is 0 Å². The Labute approximate surface area is 96.8 Å². The SMILES string of the molecule is O=C(O)Cc1ccnc(F)c1-c1cccnc1. The molecule has 1 N–H and O–H groups in total. The Hall–Kier alpha value is -2.30. The van der Waals surface area contributed by atoms with Gasteiger partial charge in [-0.1, -0.05) is 6.07 Å². The summed E-state index contributed by atoms with van der Waals surface area (Å²) in [5.74, 6) is -1.70. The maximum atomic E-state index is 13.7. The maximum Gasteiger partial charge on any atom is 0.307 e. The molecule has 0 aromatic carbocycles. The molecule has 0 aliphatic heterocycles. The van der Waals surface area contributed by atoms with Crippen molar-refractivity contribution in [3.8, 4) is 11.1 Å². The molecule has 2 aromatic heterocycles. The van der Waals surface area contributed by atoms with E-state index < -0.39 is 11.9 Å². The molecule has 2 aromatic rings. The van der Waals surface area contributed by atoms with E-state index in [0.29, 0.717) is 11.1 Å². The van der Waals surface area contributed by atoms with Crippen molar-refractivity contribution in [1.82, 2.24) is 9.97 Å². The van der Waals surface area contributed by atoms with Gasteiger partial charge in [-0.3, -0.25) is 9.78 Å². The Bertz CT molecular complexity index is 543. The molecular weight excluding hydrogens is 223 g/mol. The van der Waals surface area contributed by atoms with Crippen LogP contribution in [0.1, 0.15) is 5.56 Å². The Balaban J connectivity index is 2.55. The predicted octanol–water partition coefficient (Wildman–Crippen LogP) is 1.91. The van der Waals surface area contributed by atoms with Crippen LogP contribution in [-0.4, -0.2) is 21.0 Å². The molecule has 0 saturated heterocycles. The molecule has 86 valence electrons. The lowest BCUT2D eigenvalue weighted by Gasteiger charge is -2.07. The van der Waals surface area contributed by atoms with Gasteiger partial charge in [-0.15, -0.1) is 0 Å². The summed E-state index contributed by atoms with van der Waals surface area (Å²) >= 11 is 0. The van der Waals surface area contributed by atoms with Gasteiger partial charge in [0.15, 0.2) is 0 Å². The number of aromatic nitrogens is 2. The van der Waals surface area contributed by atoms with Crippen LogP contribution in [-0.2, 0) is 11.2 Å². The quantitative estimate of drug-likeness (QED) is 0.821. The van der Waals surface area contributed by atoms with E-state index in [2.05, 4.69) is 9.97 Å². The summed E-state index contributed by atoms with van der Waals surface area (Å²) in [7, 11) is 0. The molecule has 2 heterocycles. The van der Waals surface area contributed by atoms with E-state index in [1.165, 1.54) is 18.5 Å². The predicted molar refractivity (Wildman–Crippen MR) is 58.8 cm³/mol. The van der Waals surface area contributed by atoms with Crippen LogP contribution < -0.4 is 0 Å².